The van der Waals surface area contributed by atoms with Gasteiger partial charge in [-0.1, -0.05) is 52.3 Å². The quantitative estimate of drug-likeness (QED) is 0.665. The average Bonchev–Trinajstić information content (AvgIpc) is 2.48. The van der Waals surface area contributed by atoms with E-state index < -0.39 is 0 Å². The molecule has 0 bridgehead atoms. The first-order valence-corrected chi connectivity index (χ1v) is 7.82. The van der Waals surface area contributed by atoms with Crippen molar-refractivity contribution in [3.63, 3.8) is 0 Å². The smallest absolute Gasteiger partial charge is 0.0835 e. The minimum absolute atomic E-state index is 0.113. The van der Waals surface area contributed by atoms with Crippen LogP contribution in [0.1, 0.15) is 27.6 Å². The minimum Gasteiger partial charge on any atom is -0.384 e. The van der Waals surface area contributed by atoms with Gasteiger partial charge in [-0.25, -0.2) is 0 Å². The summed E-state index contributed by atoms with van der Waals surface area (Å²) in [4.78, 5) is 0. The number of rotatable bonds is 5. The van der Waals surface area contributed by atoms with E-state index in [0.29, 0.717) is 0 Å². The van der Waals surface area contributed by atoms with Gasteiger partial charge in [0.05, 0.1) is 12.0 Å². The van der Waals surface area contributed by atoms with Gasteiger partial charge in [0.15, 0.2) is 0 Å². The van der Waals surface area contributed by atoms with Gasteiger partial charge in [0, 0.05) is 11.6 Å². The number of methoxy groups -OCH3 is 1. The molecule has 106 valence electrons. The van der Waals surface area contributed by atoms with Crippen molar-refractivity contribution in [1.82, 2.24) is 0 Å². The first kappa shape index (κ1) is 15.6. The summed E-state index contributed by atoms with van der Waals surface area (Å²) in [7, 11) is 1.72. The van der Waals surface area contributed by atoms with Gasteiger partial charge in [0.25, 0.3) is 0 Å². The Morgan fingerprint density at radius 3 is 2.35 bits per heavy atom. The van der Waals surface area contributed by atoms with Gasteiger partial charge >= 0.3 is 0 Å². The molecule has 0 saturated heterocycles. The molecule has 1 atom stereocenters. The van der Waals surface area contributed by atoms with Crippen molar-refractivity contribution in [3.05, 3.63) is 69.2 Å². The molecule has 0 N–H and O–H groups in total. The molecule has 0 aromatic heterocycles. The number of benzene rings is 2. The van der Waals surface area contributed by atoms with E-state index in [1.54, 1.807) is 7.11 Å². The summed E-state index contributed by atoms with van der Waals surface area (Å²) < 4.78 is 6.20. The van der Waals surface area contributed by atoms with E-state index in [0.717, 1.165) is 28.6 Å². The number of alkyl halides is 1. The van der Waals surface area contributed by atoms with Crippen LogP contribution in [0, 0.1) is 6.92 Å². The van der Waals surface area contributed by atoms with Crippen LogP contribution in [0.25, 0.3) is 0 Å². The molecule has 0 aliphatic rings. The highest BCUT2D eigenvalue weighted by atomic mass is 79.9. The third kappa shape index (κ3) is 3.85. The van der Waals surface area contributed by atoms with Crippen LogP contribution in [-0.2, 0) is 11.2 Å². The first-order valence-electron chi connectivity index (χ1n) is 6.59. The lowest BCUT2D eigenvalue weighted by Gasteiger charge is -2.12. The van der Waals surface area contributed by atoms with Crippen LogP contribution >= 0.6 is 27.5 Å². The lowest BCUT2D eigenvalue weighted by molar-refractivity contribution is 0.202. The second-order valence-electron chi connectivity index (χ2n) is 4.86. The molecule has 20 heavy (non-hydrogen) atoms. The normalized spacial score (nSPS) is 12.4. The summed E-state index contributed by atoms with van der Waals surface area (Å²) in [6, 6.07) is 14.7. The Bertz CT molecular complexity index is 566. The van der Waals surface area contributed by atoms with Crippen LogP contribution in [0.3, 0.4) is 0 Å². The number of aryl methyl sites for hydroxylation is 1. The second-order valence-corrected chi connectivity index (χ2v) is 6.15. The highest BCUT2D eigenvalue weighted by molar-refractivity contribution is 9.10. The number of ether oxygens (including phenoxy) is 1. The standard InChI is InChI=1S/C17H18BrClO/c1-12-11-15(7-8-16(12)18)17(19)14-5-3-13(4-6-14)9-10-20-2/h3-8,11,17H,9-10H2,1-2H3. The van der Waals surface area contributed by atoms with Crippen molar-refractivity contribution in [1.29, 1.82) is 0 Å². The van der Waals surface area contributed by atoms with Gasteiger partial charge in [-0.2, -0.15) is 0 Å². The molecule has 0 aliphatic carbocycles. The van der Waals surface area contributed by atoms with Crippen molar-refractivity contribution in [3.8, 4) is 0 Å². The highest BCUT2D eigenvalue weighted by Gasteiger charge is 2.11. The molecule has 0 heterocycles. The fourth-order valence-corrected chi connectivity index (χ4v) is 2.62. The minimum atomic E-state index is -0.113. The molecule has 0 aliphatic heterocycles. The molecule has 0 spiro atoms. The molecule has 0 saturated carbocycles. The maximum atomic E-state index is 6.57. The zero-order chi connectivity index (χ0) is 14.5. The van der Waals surface area contributed by atoms with E-state index >= 15 is 0 Å². The fourth-order valence-electron chi connectivity index (χ4n) is 2.09. The molecular formula is C17H18BrClO. The zero-order valence-electron chi connectivity index (χ0n) is 11.7. The Morgan fingerprint density at radius 2 is 1.75 bits per heavy atom. The summed E-state index contributed by atoms with van der Waals surface area (Å²) in [5.74, 6) is 0. The third-order valence-corrected chi connectivity index (χ3v) is 4.74. The molecule has 3 heteroatoms. The van der Waals surface area contributed by atoms with E-state index in [1.165, 1.54) is 11.1 Å². The van der Waals surface area contributed by atoms with E-state index in [-0.39, 0.29) is 5.38 Å². The van der Waals surface area contributed by atoms with Crippen LogP contribution in [-0.4, -0.2) is 13.7 Å². The fraction of sp³-hybridized carbons (Fsp3) is 0.294. The van der Waals surface area contributed by atoms with Crippen LogP contribution < -0.4 is 0 Å². The van der Waals surface area contributed by atoms with Gasteiger partial charge in [-0.3, -0.25) is 0 Å². The molecular weight excluding hydrogens is 336 g/mol. The predicted molar refractivity (Wildman–Crippen MR) is 88.6 cm³/mol. The first-order chi connectivity index (χ1) is 9.61. The van der Waals surface area contributed by atoms with Crippen LogP contribution in [0.4, 0.5) is 0 Å². The molecule has 0 fully saturated rings. The Morgan fingerprint density at radius 1 is 1.10 bits per heavy atom. The summed E-state index contributed by atoms with van der Waals surface area (Å²) >= 11 is 10.1. The molecule has 0 radical (unpaired) electrons. The highest BCUT2D eigenvalue weighted by Crippen LogP contribution is 2.31. The van der Waals surface area contributed by atoms with Crippen molar-refractivity contribution in [2.75, 3.05) is 13.7 Å². The maximum absolute atomic E-state index is 6.57. The molecule has 1 nitrogen and oxygen atoms in total. The van der Waals surface area contributed by atoms with Gasteiger partial charge in [0.2, 0.25) is 0 Å². The van der Waals surface area contributed by atoms with E-state index in [4.69, 9.17) is 16.3 Å². The molecule has 0 amide bonds. The Balaban J connectivity index is 2.15. The SMILES string of the molecule is COCCc1ccc(C(Cl)c2ccc(Br)c(C)c2)cc1. The van der Waals surface area contributed by atoms with Gasteiger partial charge in [-0.05, 0) is 41.7 Å². The summed E-state index contributed by atoms with van der Waals surface area (Å²) in [5, 5.41) is -0.113. The van der Waals surface area contributed by atoms with Gasteiger partial charge in [-0.15, -0.1) is 11.6 Å². The van der Waals surface area contributed by atoms with Crippen molar-refractivity contribution in [2.24, 2.45) is 0 Å². The zero-order valence-corrected chi connectivity index (χ0v) is 14.0. The summed E-state index contributed by atoms with van der Waals surface area (Å²) in [6.07, 6.45) is 0.932. The summed E-state index contributed by atoms with van der Waals surface area (Å²) in [6.45, 7) is 2.82. The number of hydrogen-bond acceptors (Lipinski definition) is 1. The van der Waals surface area contributed by atoms with Crippen molar-refractivity contribution < 1.29 is 4.74 Å². The molecule has 2 rings (SSSR count). The van der Waals surface area contributed by atoms with Crippen molar-refractivity contribution in [2.45, 2.75) is 18.7 Å². The van der Waals surface area contributed by atoms with Crippen LogP contribution in [0.15, 0.2) is 46.9 Å². The second kappa shape index (κ2) is 7.26. The average molecular weight is 354 g/mol. The maximum Gasteiger partial charge on any atom is 0.0835 e. The van der Waals surface area contributed by atoms with E-state index in [1.807, 2.05) is 6.07 Å². The summed E-state index contributed by atoms with van der Waals surface area (Å²) in [5.41, 5.74) is 4.71. The molecule has 2 aromatic rings. The van der Waals surface area contributed by atoms with Gasteiger partial charge in [0.1, 0.15) is 0 Å². The monoisotopic (exact) mass is 352 g/mol. The largest absolute Gasteiger partial charge is 0.384 e. The molecule has 1 unspecified atom stereocenters. The van der Waals surface area contributed by atoms with Gasteiger partial charge < -0.3 is 4.74 Å². The van der Waals surface area contributed by atoms with Crippen LogP contribution in [0.5, 0.6) is 0 Å². The number of halogens is 2. The molecule has 2 aromatic carbocycles. The van der Waals surface area contributed by atoms with Crippen LogP contribution in [0.2, 0.25) is 0 Å². The van der Waals surface area contributed by atoms with E-state index in [2.05, 4.69) is 59.3 Å². The topological polar surface area (TPSA) is 9.23 Å². The third-order valence-electron chi connectivity index (χ3n) is 3.34. The Kier molecular flexibility index (Phi) is 5.64. The Hall–Kier alpha value is -0.830. The van der Waals surface area contributed by atoms with E-state index in [9.17, 15) is 0 Å². The predicted octanol–water partition coefficient (Wildman–Crippen LogP) is 5.27. The number of hydrogen-bond donors (Lipinski definition) is 0. The Labute approximate surface area is 134 Å². The lowest BCUT2D eigenvalue weighted by atomic mass is 10.0. The van der Waals surface area contributed by atoms with Crippen molar-refractivity contribution >= 4 is 27.5 Å². The lowest BCUT2D eigenvalue weighted by Crippen LogP contribution is -1.97.